The Bertz CT molecular complexity index is 998. The molecule has 2 aromatic heterocycles. The van der Waals surface area contributed by atoms with Crippen LogP contribution in [-0.4, -0.2) is 23.2 Å². The van der Waals surface area contributed by atoms with Gasteiger partial charge < -0.3 is 0 Å². The van der Waals surface area contributed by atoms with Crippen LogP contribution in [0.2, 0.25) is 0 Å². The van der Waals surface area contributed by atoms with Gasteiger partial charge in [0, 0.05) is 43.8 Å². The van der Waals surface area contributed by atoms with E-state index in [2.05, 4.69) is 14.8 Å². The molecular weight excluding hydrogens is 350 g/mol. The van der Waals surface area contributed by atoms with Crippen LogP contribution in [0.15, 0.2) is 53.8 Å². The summed E-state index contributed by atoms with van der Waals surface area (Å²) in [6.45, 7) is -0.0703. The van der Waals surface area contributed by atoms with Crippen molar-refractivity contribution in [2.75, 3.05) is 0 Å². The summed E-state index contributed by atoms with van der Waals surface area (Å²) in [6.07, 6.45) is 4.79. The van der Waals surface area contributed by atoms with Gasteiger partial charge in [0.1, 0.15) is 11.6 Å². The highest BCUT2D eigenvalue weighted by Crippen LogP contribution is 2.19. The van der Waals surface area contributed by atoms with Crippen LogP contribution in [0.25, 0.3) is 11.3 Å². The van der Waals surface area contributed by atoms with Crippen molar-refractivity contribution >= 4 is 10.0 Å². The zero-order valence-corrected chi connectivity index (χ0v) is 14.0. The number of sulfonamides is 1. The summed E-state index contributed by atoms with van der Waals surface area (Å²) in [5.41, 5.74) is 2.19. The third kappa shape index (κ3) is 3.89. The Labute approximate surface area is 143 Å². The third-order valence-corrected chi connectivity index (χ3v) is 4.90. The maximum atomic E-state index is 13.2. The van der Waals surface area contributed by atoms with Crippen LogP contribution in [0.4, 0.5) is 8.78 Å². The summed E-state index contributed by atoms with van der Waals surface area (Å²) in [6, 6.07) is 5.70. The molecule has 1 N–H and O–H groups in total. The molecule has 9 heteroatoms. The SMILES string of the molecule is Cn1nccc1-c1cncc(CNS(=O)(=O)c2cc(F)cc(F)c2)c1. The van der Waals surface area contributed by atoms with Crippen molar-refractivity contribution in [2.24, 2.45) is 7.05 Å². The average Bonchev–Trinajstić information content (AvgIpc) is 2.98. The lowest BCUT2D eigenvalue weighted by Crippen LogP contribution is -2.23. The highest BCUT2D eigenvalue weighted by molar-refractivity contribution is 7.89. The predicted molar refractivity (Wildman–Crippen MR) is 86.8 cm³/mol. The molecule has 2 heterocycles. The van der Waals surface area contributed by atoms with Crippen molar-refractivity contribution < 1.29 is 17.2 Å². The average molecular weight is 364 g/mol. The minimum atomic E-state index is -4.05. The predicted octanol–water partition coefficient (Wildman–Crippen LogP) is 2.24. The van der Waals surface area contributed by atoms with Crippen molar-refractivity contribution in [1.82, 2.24) is 19.5 Å². The number of hydrogen-bond donors (Lipinski definition) is 1. The van der Waals surface area contributed by atoms with Crippen molar-refractivity contribution in [3.8, 4) is 11.3 Å². The third-order valence-electron chi connectivity index (χ3n) is 3.52. The van der Waals surface area contributed by atoms with Crippen LogP contribution in [0.3, 0.4) is 0 Å². The number of nitrogens with one attached hydrogen (secondary N) is 1. The van der Waals surface area contributed by atoms with Gasteiger partial charge >= 0.3 is 0 Å². The van der Waals surface area contributed by atoms with E-state index in [0.717, 1.165) is 23.4 Å². The van der Waals surface area contributed by atoms with Gasteiger partial charge in [0.2, 0.25) is 10.0 Å². The van der Waals surface area contributed by atoms with Gasteiger partial charge in [0.05, 0.1) is 10.6 Å². The maximum absolute atomic E-state index is 13.2. The number of benzene rings is 1. The molecule has 25 heavy (non-hydrogen) atoms. The topological polar surface area (TPSA) is 76.9 Å². The highest BCUT2D eigenvalue weighted by Gasteiger charge is 2.16. The lowest BCUT2D eigenvalue weighted by molar-refractivity contribution is 0.561. The van der Waals surface area contributed by atoms with Crippen LogP contribution in [0.5, 0.6) is 0 Å². The van der Waals surface area contributed by atoms with Gasteiger partial charge in [-0.1, -0.05) is 0 Å². The first-order valence-electron chi connectivity index (χ1n) is 7.23. The maximum Gasteiger partial charge on any atom is 0.241 e. The molecule has 130 valence electrons. The summed E-state index contributed by atoms with van der Waals surface area (Å²) in [4.78, 5) is 3.62. The first kappa shape index (κ1) is 17.2. The normalized spacial score (nSPS) is 11.6. The smallest absolute Gasteiger partial charge is 0.241 e. The molecule has 3 aromatic rings. The van der Waals surface area contributed by atoms with Gasteiger partial charge in [0.15, 0.2) is 0 Å². The summed E-state index contributed by atoms with van der Waals surface area (Å²) in [5.74, 6) is -1.92. The molecule has 0 aliphatic carbocycles. The van der Waals surface area contributed by atoms with E-state index in [4.69, 9.17) is 0 Å². The van der Waals surface area contributed by atoms with E-state index in [1.54, 1.807) is 36.3 Å². The number of nitrogens with zero attached hydrogens (tertiary/aromatic N) is 3. The molecule has 0 radical (unpaired) electrons. The fraction of sp³-hybridized carbons (Fsp3) is 0.125. The molecule has 1 aromatic carbocycles. The van der Waals surface area contributed by atoms with E-state index in [1.807, 2.05) is 0 Å². The van der Waals surface area contributed by atoms with E-state index in [9.17, 15) is 17.2 Å². The van der Waals surface area contributed by atoms with Gasteiger partial charge in [0.25, 0.3) is 0 Å². The van der Waals surface area contributed by atoms with Crippen molar-refractivity contribution in [3.63, 3.8) is 0 Å². The molecular formula is C16H14F2N4O2S. The Kier molecular flexibility index (Phi) is 4.60. The number of aromatic nitrogens is 3. The van der Waals surface area contributed by atoms with E-state index in [-0.39, 0.29) is 6.54 Å². The molecule has 0 saturated heterocycles. The largest absolute Gasteiger partial charge is 0.268 e. The van der Waals surface area contributed by atoms with Crippen LogP contribution in [-0.2, 0) is 23.6 Å². The van der Waals surface area contributed by atoms with E-state index in [1.165, 1.54) is 6.20 Å². The Morgan fingerprint density at radius 1 is 1.12 bits per heavy atom. The molecule has 0 bridgehead atoms. The fourth-order valence-corrected chi connectivity index (χ4v) is 3.39. The van der Waals surface area contributed by atoms with E-state index < -0.39 is 26.6 Å². The van der Waals surface area contributed by atoms with Crippen LogP contribution in [0, 0.1) is 11.6 Å². The molecule has 0 aliphatic heterocycles. The second kappa shape index (κ2) is 6.69. The Balaban J connectivity index is 1.80. The zero-order valence-electron chi connectivity index (χ0n) is 13.1. The molecule has 6 nitrogen and oxygen atoms in total. The molecule has 0 amide bonds. The second-order valence-corrected chi connectivity index (χ2v) is 7.12. The van der Waals surface area contributed by atoms with Gasteiger partial charge in [-0.05, 0) is 29.8 Å². The monoisotopic (exact) mass is 364 g/mol. The molecule has 0 unspecified atom stereocenters. The Morgan fingerprint density at radius 2 is 1.84 bits per heavy atom. The van der Waals surface area contributed by atoms with Gasteiger partial charge in [-0.2, -0.15) is 5.10 Å². The van der Waals surface area contributed by atoms with Crippen molar-refractivity contribution in [2.45, 2.75) is 11.4 Å². The fourth-order valence-electron chi connectivity index (χ4n) is 2.33. The first-order chi connectivity index (χ1) is 11.8. The quantitative estimate of drug-likeness (QED) is 0.753. The van der Waals surface area contributed by atoms with Crippen molar-refractivity contribution in [1.29, 1.82) is 0 Å². The van der Waals surface area contributed by atoms with Gasteiger partial charge in [-0.25, -0.2) is 21.9 Å². The minimum Gasteiger partial charge on any atom is -0.268 e. The van der Waals surface area contributed by atoms with Crippen LogP contribution >= 0.6 is 0 Å². The number of rotatable bonds is 5. The van der Waals surface area contributed by atoms with Gasteiger partial charge in [-0.15, -0.1) is 0 Å². The lowest BCUT2D eigenvalue weighted by Gasteiger charge is -2.08. The first-order valence-corrected chi connectivity index (χ1v) is 8.71. The number of aryl methyl sites for hydroxylation is 1. The molecule has 0 spiro atoms. The molecule has 0 atom stereocenters. The summed E-state index contributed by atoms with van der Waals surface area (Å²) in [5, 5.41) is 4.07. The summed E-state index contributed by atoms with van der Waals surface area (Å²) < 4.78 is 54.8. The highest BCUT2D eigenvalue weighted by atomic mass is 32.2. The molecule has 0 aliphatic rings. The Hall–Kier alpha value is -2.65. The van der Waals surface area contributed by atoms with Crippen LogP contribution in [0.1, 0.15) is 5.56 Å². The van der Waals surface area contributed by atoms with E-state index in [0.29, 0.717) is 11.6 Å². The molecule has 0 fully saturated rings. The lowest BCUT2D eigenvalue weighted by atomic mass is 10.1. The summed E-state index contributed by atoms with van der Waals surface area (Å²) >= 11 is 0. The molecule has 0 saturated carbocycles. The number of hydrogen-bond acceptors (Lipinski definition) is 4. The van der Waals surface area contributed by atoms with Crippen LogP contribution < -0.4 is 4.72 Å². The number of pyridine rings is 1. The standard InChI is InChI=1S/C16H14F2N4O2S/c1-22-16(2-3-20-22)12-4-11(8-19-10-12)9-21-25(23,24)15-6-13(17)5-14(18)7-15/h2-8,10,21H,9H2,1H3. The van der Waals surface area contributed by atoms with Gasteiger partial charge in [-0.3, -0.25) is 9.67 Å². The van der Waals surface area contributed by atoms with E-state index >= 15 is 0 Å². The second-order valence-electron chi connectivity index (χ2n) is 5.35. The number of halogens is 2. The summed E-state index contributed by atoms with van der Waals surface area (Å²) in [7, 11) is -2.27. The zero-order chi connectivity index (χ0) is 18.0. The van der Waals surface area contributed by atoms with Crippen molar-refractivity contribution in [3.05, 3.63) is 66.1 Å². The Morgan fingerprint density at radius 3 is 2.48 bits per heavy atom. The molecule has 3 rings (SSSR count). The minimum absolute atomic E-state index is 0.0703.